The van der Waals surface area contributed by atoms with Gasteiger partial charge in [-0.05, 0) is 24.0 Å². The van der Waals surface area contributed by atoms with Crippen LogP contribution in [0.15, 0.2) is 79.4 Å². The molecule has 2 aromatic carbocycles. The molecule has 0 fully saturated rings. The Morgan fingerprint density at radius 1 is 0.926 bits per heavy atom. The molecule has 0 unspecified atom stereocenters. The molecule has 0 radical (unpaired) electrons. The number of carbonyl (C=O) groups is 1. The van der Waals surface area contributed by atoms with Gasteiger partial charge in [0.25, 0.3) is 0 Å². The number of carbonyl (C=O) groups excluding carboxylic acids is 1. The first kappa shape index (κ1) is 18.7. The number of amides is 2. The number of hydrogen-bond donors (Lipinski definition) is 2. The Kier molecular flexibility index (Phi) is 7.04. The van der Waals surface area contributed by atoms with E-state index in [1.807, 2.05) is 22.9 Å². The number of nitrogens with one attached hydrogen (secondary N) is 2. The standard InChI is InChI=1S/C22H26N4O/c27-22(24-13-7-16-26-17-15-23-18-26)25-14-12-21(19-8-3-1-4-9-19)20-10-5-2-6-11-20/h1-6,8-11,15,17-18,21H,7,12-14,16H2,(H2,24,25,27). The summed E-state index contributed by atoms with van der Waals surface area (Å²) >= 11 is 0. The second-order valence-electron chi connectivity index (χ2n) is 6.50. The summed E-state index contributed by atoms with van der Waals surface area (Å²) in [4.78, 5) is 16.0. The molecule has 0 bridgehead atoms. The van der Waals surface area contributed by atoms with Gasteiger partial charge in [-0.25, -0.2) is 9.78 Å². The van der Waals surface area contributed by atoms with Crippen molar-refractivity contribution in [2.75, 3.05) is 13.1 Å². The highest BCUT2D eigenvalue weighted by Crippen LogP contribution is 2.27. The minimum absolute atomic E-state index is 0.111. The van der Waals surface area contributed by atoms with Crippen LogP contribution in [0.4, 0.5) is 4.79 Å². The number of benzene rings is 2. The van der Waals surface area contributed by atoms with Crippen LogP contribution in [0.25, 0.3) is 0 Å². The summed E-state index contributed by atoms with van der Waals surface area (Å²) in [6, 6.07) is 20.8. The predicted molar refractivity (Wildman–Crippen MR) is 108 cm³/mol. The lowest BCUT2D eigenvalue weighted by Gasteiger charge is -2.18. The van der Waals surface area contributed by atoms with Crippen LogP contribution in [-0.4, -0.2) is 28.7 Å². The van der Waals surface area contributed by atoms with E-state index < -0.39 is 0 Å². The zero-order chi connectivity index (χ0) is 18.7. The van der Waals surface area contributed by atoms with Gasteiger partial charge in [0, 0.05) is 37.9 Å². The highest BCUT2D eigenvalue weighted by Gasteiger charge is 2.13. The van der Waals surface area contributed by atoms with Crippen LogP contribution in [-0.2, 0) is 6.54 Å². The van der Waals surface area contributed by atoms with Gasteiger partial charge in [0.15, 0.2) is 0 Å². The van der Waals surface area contributed by atoms with Crippen LogP contribution in [0.3, 0.4) is 0 Å². The largest absolute Gasteiger partial charge is 0.338 e. The summed E-state index contributed by atoms with van der Waals surface area (Å²) in [5.74, 6) is 0.272. The zero-order valence-corrected chi connectivity index (χ0v) is 15.4. The molecule has 3 rings (SSSR count). The van der Waals surface area contributed by atoms with Gasteiger partial charge in [-0.3, -0.25) is 0 Å². The number of rotatable bonds is 9. The van der Waals surface area contributed by atoms with Crippen LogP contribution in [0.2, 0.25) is 0 Å². The second kappa shape index (κ2) is 10.2. The number of nitrogens with zero attached hydrogens (tertiary/aromatic N) is 2. The molecule has 0 aliphatic heterocycles. The van der Waals surface area contributed by atoms with Crippen LogP contribution >= 0.6 is 0 Å². The van der Waals surface area contributed by atoms with E-state index in [1.165, 1.54) is 11.1 Å². The number of imidazole rings is 1. The molecular weight excluding hydrogens is 336 g/mol. The van der Waals surface area contributed by atoms with Gasteiger partial charge in [-0.1, -0.05) is 60.7 Å². The first-order valence-corrected chi connectivity index (χ1v) is 9.40. The van der Waals surface area contributed by atoms with E-state index in [2.05, 4.69) is 64.1 Å². The van der Waals surface area contributed by atoms with Crippen LogP contribution in [0, 0.1) is 0 Å². The third-order valence-electron chi connectivity index (χ3n) is 4.56. The molecule has 0 saturated heterocycles. The second-order valence-corrected chi connectivity index (χ2v) is 6.50. The number of urea groups is 1. The molecular formula is C22H26N4O. The average molecular weight is 362 g/mol. The number of aromatic nitrogens is 2. The molecule has 0 aliphatic rings. The van der Waals surface area contributed by atoms with E-state index in [1.54, 1.807) is 12.5 Å². The Morgan fingerprint density at radius 2 is 1.56 bits per heavy atom. The minimum atomic E-state index is -0.111. The molecule has 27 heavy (non-hydrogen) atoms. The molecule has 140 valence electrons. The van der Waals surface area contributed by atoms with E-state index in [-0.39, 0.29) is 11.9 Å². The summed E-state index contributed by atoms with van der Waals surface area (Å²) in [6.07, 6.45) is 7.20. The van der Waals surface area contributed by atoms with Crippen LogP contribution < -0.4 is 10.6 Å². The van der Waals surface area contributed by atoms with Gasteiger partial charge in [-0.2, -0.15) is 0 Å². The van der Waals surface area contributed by atoms with E-state index in [0.717, 1.165) is 19.4 Å². The maximum Gasteiger partial charge on any atom is 0.314 e. The highest BCUT2D eigenvalue weighted by molar-refractivity contribution is 5.73. The lowest BCUT2D eigenvalue weighted by Crippen LogP contribution is -2.37. The number of hydrogen-bond acceptors (Lipinski definition) is 2. The molecule has 1 aromatic heterocycles. The Hall–Kier alpha value is -3.08. The lowest BCUT2D eigenvalue weighted by atomic mass is 9.88. The summed E-state index contributed by atoms with van der Waals surface area (Å²) in [5, 5.41) is 5.89. The van der Waals surface area contributed by atoms with Gasteiger partial charge in [0.2, 0.25) is 0 Å². The van der Waals surface area contributed by atoms with Crippen LogP contribution in [0.5, 0.6) is 0 Å². The average Bonchev–Trinajstić information content (AvgIpc) is 3.23. The Morgan fingerprint density at radius 3 is 2.15 bits per heavy atom. The molecule has 3 aromatic rings. The lowest BCUT2D eigenvalue weighted by molar-refractivity contribution is 0.240. The third-order valence-corrected chi connectivity index (χ3v) is 4.56. The molecule has 2 N–H and O–H groups in total. The van der Waals surface area contributed by atoms with E-state index in [9.17, 15) is 4.79 Å². The Labute approximate surface area is 160 Å². The molecule has 1 heterocycles. The topological polar surface area (TPSA) is 59.0 Å². The molecule has 5 heteroatoms. The first-order chi connectivity index (χ1) is 13.3. The molecule has 0 saturated carbocycles. The van der Waals surface area contributed by atoms with Crippen molar-refractivity contribution in [3.8, 4) is 0 Å². The van der Waals surface area contributed by atoms with Gasteiger partial charge in [0.1, 0.15) is 0 Å². The Balaban J connectivity index is 1.44. The maximum absolute atomic E-state index is 12.0. The zero-order valence-electron chi connectivity index (χ0n) is 15.4. The van der Waals surface area contributed by atoms with Gasteiger partial charge < -0.3 is 15.2 Å². The van der Waals surface area contributed by atoms with Gasteiger partial charge in [-0.15, -0.1) is 0 Å². The van der Waals surface area contributed by atoms with Crippen molar-refractivity contribution in [3.05, 3.63) is 90.5 Å². The van der Waals surface area contributed by atoms with Crippen molar-refractivity contribution in [1.82, 2.24) is 20.2 Å². The summed E-state index contributed by atoms with van der Waals surface area (Å²) in [7, 11) is 0. The smallest absolute Gasteiger partial charge is 0.314 e. The first-order valence-electron chi connectivity index (χ1n) is 9.40. The normalized spacial score (nSPS) is 10.7. The molecule has 2 amide bonds. The van der Waals surface area contributed by atoms with Crippen molar-refractivity contribution in [1.29, 1.82) is 0 Å². The monoisotopic (exact) mass is 362 g/mol. The Bertz CT molecular complexity index is 748. The summed E-state index contributed by atoms with van der Waals surface area (Å²) in [5.41, 5.74) is 2.54. The summed E-state index contributed by atoms with van der Waals surface area (Å²) < 4.78 is 2.00. The van der Waals surface area contributed by atoms with Crippen molar-refractivity contribution in [3.63, 3.8) is 0 Å². The van der Waals surface area contributed by atoms with Gasteiger partial charge >= 0.3 is 6.03 Å². The van der Waals surface area contributed by atoms with Gasteiger partial charge in [0.05, 0.1) is 6.33 Å². The van der Waals surface area contributed by atoms with E-state index >= 15 is 0 Å². The quantitative estimate of drug-likeness (QED) is 0.569. The van der Waals surface area contributed by atoms with E-state index in [0.29, 0.717) is 13.1 Å². The van der Waals surface area contributed by atoms with Crippen LogP contribution in [0.1, 0.15) is 29.9 Å². The SMILES string of the molecule is O=C(NCCCn1ccnc1)NCCC(c1ccccc1)c1ccccc1. The highest BCUT2D eigenvalue weighted by atomic mass is 16.2. The fraction of sp³-hybridized carbons (Fsp3) is 0.273. The maximum atomic E-state index is 12.0. The fourth-order valence-corrected chi connectivity index (χ4v) is 3.17. The third kappa shape index (κ3) is 5.99. The molecule has 0 aliphatic carbocycles. The molecule has 0 atom stereocenters. The van der Waals surface area contributed by atoms with E-state index in [4.69, 9.17) is 0 Å². The number of aryl methyl sites for hydroxylation is 1. The summed E-state index contributed by atoms with van der Waals surface area (Å²) in [6.45, 7) is 2.12. The minimum Gasteiger partial charge on any atom is -0.338 e. The van der Waals surface area contributed by atoms with Crippen molar-refractivity contribution in [2.45, 2.75) is 25.3 Å². The van der Waals surface area contributed by atoms with Crippen molar-refractivity contribution in [2.24, 2.45) is 0 Å². The molecule has 0 spiro atoms. The van der Waals surface area contributed by atoms with Crippen molar-refractivity contribution >= 4 is 6.03 Å². The van der Waals surface area contributed by atoms with Crippen molar-refractivity contribution < 1.29 is 4.79 Å². The molecule has 5 nitrogen and oxygen atoms in total. The fourth-order valence-electron chi connectivity index (χ4n) is 3.17. The predicted octanol–water partition coefficient (Wildman–Crippen LogP) is 3.79.